The van der Waals surface area contributed by atoms with E-state index in [2.05, 4.69) is 17.9 Å². The van der Waals surface area contributed by atoms with Gasteiger partial charge in [-0.3, -0.25) is 0 Å². The summed E-state index contributed by atoms with van der Waals surface area (Å²) in [6.07, 6.45) is 0.754. The first-order chi connectivity index (χ1) is 9.08. The average molecular weight is 321 g/mol. The van der Waals surface area contributed by atoms with Crippen LogP contribution in [0.3, 0.4) is 0 Å². The maximum atomic E-state index is 6.08. The zero-order valence-corrected chi connectivity index (χ0v) is 12.9. The summed E-state index contributed by atoms with van der Waals surface area (Å²) in [5.74, 6) is 0.271. The molecule has 0 amide bonds. The SMILES string of the molecule is N[C@H](S)C[C@@H]1CNCCO[C@H]1c1ccc(Cl)c(Cl)c1. The monoisotopic (exact) mass is 320 g/mol. The van der Waals surface area contributed by atoms with Crippen molar-refractivity contribution in [3.05, 3.63) is 33.8 Å². The van der Waals surface area contributed by atoms with Gasteiger partial charge in [-0.25, -0.2) is 0 Å². The Balaban J connectivity index is 2.23. The molecule has 19 heavy (non-hydrogen) atoms. The second-order valence-electron chi connectivity index (χ2n) is 4.73. The van der Waals surface area contributed by atoms with Crippen LogP contribution in [-0.4, -0.2) is 25.1 Å². The predicted octanol–water partition coefficient (Wildman–Crippen LogP) is 2.88. The van der Waals surface area contributed by atoms with Crippen LogP contribution in [0.5, 0.6) is 0 Å². The number of hydrogen-bond donors (Lipinski definition) is 3. The molecule has 0 bridgehead atoms. The first kappa shape index (κ1) is 15.4. The van der Waals surface area contributed by atoms with Crippen LogP contribution in [-0.2, 0) is 4.74 Å². The van der Waals surface area contributed by atoms with Gasteiger partial charge in [0.05, 0.1) is 22.8 Å². The number of rotatable bonds is 3. The summed E-state index contributed by atoms with van der Waals surface area (Å²) in [7, 11) is 0. The summed E-state index contributed by atoms with van der Waals surface area (Å²) >= 11 is 16.3. The topological polar surface area (TPSA) is 47.3 Å². The van der Waals surface area contributed by atoms with Crippen molar-refractivity contribution in [1.82, 2.24) is 5.32 Å². The summed E-state index contributed by atoms with van der Waals surface area (Å²) in [6.45, 7) is 2.37. The third-order valence-electron chi connectivity index (χ3n) is 3.23. The molecule has 1 heterocycles. The molecule has 3 N–H and O–H groups in total. The smallest absolute Gasteiger partial charge is 0.0867 e. The van der Waals surface area contributed by atoms with E-state index in [1.807, 2.05) is 12.1 Å². The molecule has 0 aromatic heterocycles. The molecular formula is C13H18Cl2N2OS. The molecule has 1 aromatic rings. The lowest BCUT2D eigenvalue weighted by molar-refractivity contribution is 0.0281. The van der Waals surface area contributed by atoms with Crippen LogP contribution in [0.25, 0.3) is 0 Å². The van der Waals surface area contributed by atoms with E-state index >= 15 is 0 Å². The number of hydrogen-bond acceptors (Lipinski definition) is 4. The molecule has 0 spiro atoms. The van der Waals surface area contributed by atoms with Crippen molar-refractivity contribution in [3.63, 3.8) is 0 Å². The van der Waals surface area contributed by atoms with E-state index in [4.69, 9.17) is 33.7 Å². The van der Waals surface area contributed by atoms with Gasteiger partial charge in [0.2, 0.25) is 0 Å². The molecule has 1 aliphatic heterocycles. The molecule has 6 heteroatoms. The Morgan fingerprint density at radius 2 is 2.21 bits per heavy atom. The molecule has 0 unspecified atom stereocenters. The number of ether oxygens (including phenoxy) is 1. The molecular weight excluding hydrogens is 303 g/mol. The predicted molar refractivity (Wildman–Crippen MR) is 83.1 cm³/mol. The van der Waals surface area contributed by atoms with Crippen molar-refractivity contribution in [2.24, 2.45) is 11.7 Å². The lowest BCUT2D eigenvalue weighted by Crippen LogP contribution is -2.29. The lowest BCUT2D eigenvalue weighted by Gasteiger charge is -2.26. The van der Waals surface area contributed by atoms with E-state index in [1.165, 1.54) is 0 Å². The zero-order valence-electron chi connectivity index (χ0n) is 10.5. The fraction of sp³-hybridized carbons (Fsp3) is 0.538. The highest BCUT2D eigenvalue weighted by Crippen LogP contribution is 2.34. The molecule has 3 atom stereocenters. The largest absolute Gasteiger partial charge is 0.372 e. The molecule has 0 aliphatic carbocycles. The quantitative estimate of drug-likeness (QED) is 0.593. The minimum absolute atomic E-state index is 0.0250. The van der Waals surface area contributed by atoms with Crippen molar-refractivity contribution < 1.29 is 4.74 Å². The summed E-state index contributed by atoms with van der Waals surface area (Å²) in [5.41, 5.74) is 6.84. The first-order valence-corrected chi connectivity index (χ1v) is 7.56. The maximum Gasteiger partial charge on any atom is 0.0867 e. The second kappa shape index (κ2) is 7.16. The minimum atomic E-state index is -0.154. The van der Waals surface area contributed by atoms with Gasteiger partial charge in [-0.15, -0.1) is 0 Å². The normalized spacial score (nSPS) is 25.9. The lowest BCUT2D eigenvalue weighted by atomic mass is 9.92. The van der Waals surface area contributed by atoms with Crippen LogP contribution in [0.15, 0.2) is 18.2 Å². The van der Waals surface area contributed by atoms with Gasteiger partial charge < -0.3 is 15.8 Å². The second-order valence-corrected chi connectivity index (χ2v) is 6.21. The Bertz CT molecular complexity index is 431. The first-order valence-electron chi connectivity index (χ1n) is 6.29. The minimum Gasteiger partial charge on any atom is -0.372 e. The van der Waals surface area contributed by atoms with Crippen molar-refractivity contribution in [2.75, 3.05) is 19.7 Å². The molecule has 1 fully saturated rings. The Labute approximate surface area is 129 Å². The van der Waals surface area contributed by atoms with E-state index in [9.17, 15) is 0 Å². The van der Waals surface area contributed by atoms with Crippen LogP contribution in [0, 0.1) is 5.92 Å². The van der Waals surface area contributed by atoms with Gasteiger partial charge in [-0.05, 0) is 24.1 Å². The zero-order chi connectivity index (χ0) is 13.8. The van der Waals surface area contributed by atoms with E-state index < -0.39 is 0 Å². The van der Waals surface area contributed by atoms with Gasteiger partial charge in [0.1, 0.15) is 0 Å². The Kier molecular flexibility index (Phi) is 5.81. The molecule has 0 radical (unpaired) electrons. The number of nitrogens with two attached hydrogens (primary N) is 1. The fourth-order valence-corrected chi connectivity index (χ4v) is 2.94. The molecule has 0 saturated carbocycles. The Hall–Kier alpha value is 0.0300. The highest BCUT2D eigenvalue weighted by Gasteiger charge is 2.27. The van der Waals surface area contributed by atoms with E-state index in [-0.39, 0.29) is 17.4 Å². The number of benzene rings is 1. The highest BCUT2D eigenvalue weighted by atomic mass is 35.5. The van der Waals surface area contributed by atoms with E-state index in [0.29, 0.717) is 16.7 Å². The van der Waals surface area contributed by atoms with Crippen molar-refractivity contribution in [2.45, 2.75) is 17.9 Å². The van der Waals surface area contributed by atoms with Crippen LogP contribution >= 0.6 is 35.8 Å². The van der Waals surface area contributed by atoms with Gasteiger partial charge in [0, 0.05) is 24.4 Å². The average Bonchev–Trinajstić information content (AvgIpc) is 2.57. The number of halogens is 2. The standard InChI is InChI=1S/C13H18Cl2N2OS/c14-10-2-1-8(5-11(10)15)13-9(6-12(16)19)7-17-3-4-18-13/h1-2,5,9,12-13,17,19H,3-4,6-7,16H2/t9-,12-,13+/m1/s1. The molecule has 106 valence electrons. The third kappa shape index (κ3) is 4.25. The number of nitrogens with one attached hydrogen (secondary N) is 1. The third-order valence-corrected chi connectivity index (χ3v) is 4.18. The van der Waals surface area contributed by atoms with Gasteiger partial charge in [-0.1, -0.05) is 29.3 Å². The fourth-order valence-electron chi connectivity index (χ4n) is 2.36. The number of thiol groups is 1. The maximum absolute atomic E-state index is 6.08. The summed E-state index contributed by atoms with van der Waals surface area (Å²) in [6, 6.07) is 5.64. The van der Waals surface area contributed by atoms with Crippen LogP contribution in [0.4, 0.5) is 0 Å². The molecule has 1 aliphatic rings. The molecule has 2 rings (SSSR count). The van der Waals surface area contributed by atoms with Crippen molar-refractivity contribution in [1.29, 1.82) is 0 Å². The van der Waals surface area contributed by atoms with Gasteiger partial charge in [-0.2, -0.15) is 12.6 Å². The van der Waals surface area contributed by atoms with Crippen LogP contribution in [0.2, 0.25) is 10.0 Å². The van der Waals surface area contributed by atoms with Crippen molar-refractivity contribution >= 4 is 35.8 Å². The van der Waals surface area contributed by atoms with Gasteiger partial charge in [0.15, 0.2) is 0 Å². The Morgan fingerprint density at radius 3 is 2.89 bits per heavy atom. The molecule has 1 aromatic carbocycles. The van der Waals surface area contributed by atoms with E-state index in [1.54, 1.807) is 6.07 Å². The summed E-state index contributed by atoms with van der Waals surface area (Å²) < 4.78 is 5.94. The van der Waals surface area contributed by atoms with Gasteiger partial charge in [0.25, 0.3) is 0 Å². The molecule has 3 nitrogen and oxygen atoms in total. The van der Waals surface area contributed by atoms with Crippen LogP contribution in [0.1, 0.15) is 18.1 Å². The summed E-state index contributed by atoms with van der Waals surface area (Å²) in [5, 5.41) is 4.31. The van der Waals surface area contributed by atoms with Gasteiger partial charge >= 0.3 is 0 Å². The summed E-state index contributed by atoms with van der Waals surface area (Å²) in [4.78, 5) is 0. The Morgan fingerprint density at radius 1 is 1.42 bits per heavy atom. The van der Waals surface area contributed by atoms with Crippen molar-refractivity contribution in [3.8, 4) is 0 Å². The molecule has 1 saturated heterocycles. The van der Waals surface area contributed by atoms with Crippen LogP contribution < -0.4 is 11.1 Å². The highest BCUT2D eigenvalue weighted by molar-refractivity contribution is 7.80. The van der Waals surface area contributed by atoms with E-state index in [0.717, 1.165) is 25.1 Å².